The zero-order valence-electron chi connectivity index (χ0n) is 12.9. The van der Waals surface area contributed by atoms with Gasteiger partial charge in [-0.1, -0.05) is 48.3 Å². The Kier molecular flexibility index (Phi) is 6.06. The molecule has 1 rings (SSSR count). The lowest BCUT2D eigenvalue weighted by atomic mass is 9.90. The van der Waals surface area contributed by atoms with Gasteiger partial charge in [-0.2, -0.15) is 0 Å². The maximum Gasteiger partial charge on any atom is 0.255 e. The summed E-state index contributed by atoms with van der Waals surface area (Å²) in [6, 6.07) is 5.61. The molecule has 1 amide bonds. The van der Waals surface area contributed by atoms with Crippen molar-refractivity contribution in [2.75, 3.05) is 13.7 Å². The SMILES string of the molecule is COc1ccc(C)cc1C(=O)NCC(Br)CC(C)(C)C. The second-order valence-electron chi connectivity index (χ2n) is 6.28. The Hall–Kier alpha value is -1.03. The lowest BCUT2D eigenvalue weighted by molar-refractivity contribution is 0.0949. The number of aryl methyl sites for hydroxylation is 1. The number of carbonyl (C=O) groups is 1. The van der Waals surface area contributed by atoms with E-state index in [0.29, 0.717) is 17.9 Å². The summed E-state index contributed by atoms with van der Waals surface area (Å²) in [6.45, 7) is 9.13. The first kappa shape index (κ1) is 17.0. The molecule has 1 N–H and O–H groups in total. The molecule has 0 bridgehead atoms. The first-order valence-electron chi connectivity index (χ1n) is 6.80. The highest BCUT2D eigenvalue weighted by molar-refractivity contribution is 9.09. The molecule has 0 fully saturated rings. The Morgan fingerprint density at radius 2 is 2.05 bits per heavy atom. The molecule has 0 saturated heterocycles. The predicted octanol–water partition coefficient (Wildman–Crippen LogP) is 3.93. The number of hydrogen-bond acceptors (Lipinski definition) is 2. The van der Waals surface area contributed by atoms with E-state index in [1.807, 2.05) is 25.1 Å². The lowest BCUT2D eigenvalue weighted by Crippen LogP contribution is -2.31. The fourth-order valence-electron chi connectivity index (χ4n) is 2.03. The van der Waals surface area contributed by atoms with E-state index < -0.39 is 0 Å². The van der Waals surface area contributed by atoms with E-state index in [1.54, 1.807) is 7.11 Å². The van der Waals surface area contributed by atoms with E-state index in [2.05, 4.69) is 42.0 Å². The smallest absolute Gasteiger partial charge is 0.255 e. The van der Waals surface area contributed by atoms with E-state index in [9.17, 15) is 4.79 Å². The maximum atomic E-state index is 12.2. The zero-order chi connectivity index (χ0) is 15.3. The molecule has 112 valence electrons. The zero-order valence-corrected chi connectivity index (χ0v) is 14.5. The molecule has 1 aromatic carbocycles. The summed E-state index contributed by atoms with van der Waals surface area (Å²) in [5.74, 6) is 0.513. The topological polar surface area (TPSA) is 38.3 Å². The largest absolute Gasteiger partial charge is 0.496 e. The van der Waals surface area contributed by atoms with Crippen LogP contribution in [0.3, 0.4) is 0 Å². The van der Waals surface area contributed by atoms with Crippen LogP contribution in [0.5, 0.6) is 5.75 Å². The van der Waals surface area contributed by atoms with Gasteiger partial charge in [0.15, 0.2) is 0 Å². The Bertz CT molecular complexity index is 466. The van der Waals surface area contributed by atoms with Gasteiger partial charge in [0.05, 0.1) is 12.7 Å². The minimum Gasteiger partial charge on any atom is -0.496 e. The normalized spacial score (nSPS) is 12.9. The van der Waals surface area contributed by atoms with Gasteiger partial charge in [-0.15, -0.1) is 0 Å². The molecule has 1 aromatic rings. The van der Waals surface area contributed by atoms with Crippen molar-refractivity contribution in [2.45, 2.75) is 38.9 Å². The van der Waals surface area contributed by atoms with E-state index in [0.717, 1.165) is 12.0 Å². The van der Waals surface area contributed by atoms with E-state index in [-0.39, 0.29) is 16.1 Å². The summed E-state index contributed by atoms with van der Waals surface area (Å²) in [5, 5.41) is 2.96. The van der Waals surface area contributed by atoms with Crippen molar-refractivity contribution in [1.29, 1.82) is 0 Å². The third-order valence-corrected chi connectivity index (χ3v) is 3.57. The number of alkyl halides is 1. The van der Waals surface area contributed by atoms with E-state index >= 15 is 0 Å². The first-order chi connectivity index (χ1) is 9.23. The number of nitrogens with one attached hydrogen (secondary N) is 1. The average Bonchev–Trinajstić information content (AvgIpc) is 2.33. The van der Waals surface area contributed by atoms with Crippen LogP contribution in [0, 0.1) is 12.3 Å². The van der Waals surface area contributed by atoms with Crippen molar-refractivity contribution < 1.29 is 9.53 Å². The molecular formula is C16H24BrNO2. The minimum atomic E-state index is -0.0936. The number of hydrogen-bond donors (Lipinski definition) is 1. The van der Waals surface area contributed by atoms with Gasteiger partial charge in [-0.3, -0.25) is 4.79 Å². The number of ether oxygens (including phenoxy) is 1. The third-order valence-electron chi connectivity index (χ3n) is 2.92. The number of amides is 1. The Labute approximate surface area is 130 Å². The monoisotopic (exact) mass is 341 g/mol. The van der Waals surface area contributed by atoms with Crippen LogP contribution in [0.15, 0.2) is 18.2 Å². The Morgan fingerprint density at radius 1 is 1.40 bits per heavy atom. The van der Waals surface area contributed by atoms with Crippen molar-refractivity contribution in [3.63, 3.8) is 0 Å². The van der Waals surface area contributed by atoms with Gasteiger partial charge in [0, 0.05) is 11.4 Å². The van der Waals surface area contributed by atoms with Crippen molar-refractivity contribution in [3.05, 3.63) is 29.3 Å². The van der Waals surface area contributed by atoms with Gasteiger partial charge in [0.1, 0.15) is 5.75 Å². The number of methoxy groups -OCH3 is 1. The van der Waals surface area contributed by atoms with Gasteiger partial charge in [0.2, 0.25) is 0 Å². The van der Waals surface area contributed by atoms with Gasteiger partial charge in [0.25, 0.3) is 5.91 Å². The van der Waals surface area contributed by atoms with Gasteiger partial charge in [-0.25, -0.2) is 0 Å². The minimum absolute atomic E-state index is 0.0936. The van der Waals surface area contributed by atoms with Crippen LogP contribution in [-0.4, -0.2) is 24.4 Å². The maximum absolute atomic E-state index is 12.2. The van der Waals surface area contributed by atoms with Crippen LogP contribution < -0.4 is 10.1 Å². The molecule has 0 aliphatic heterocycles. The molecule has 3 nitrogen and oxygen atoms in total. The molecule has 0 aliphatic carbocycles. The molecule has 4 heteroatoms. The number of benzene rings is 1. The summed E-state index contributed by atoms with van der Waals surface area (Å²) in [7, 11) is 1.58. The summed E-state index contributed by atoms with van der Waals surface area (Å²) in [6.07, 6.45) is 0.998. The molecular weight excluding hydrogens is 318 g/mol. The lowest BCUT2D eigenvalue weighted by Gasteiger charge is -2.22. The Balaban J connectivity index is 2.65. The highest BCUT2D eigenvalue weighted by atomic mass is 79.9. The second kappa shape index (κ2) is 7.11. The van der Waals surface area contributed by atoms with Gasteiger partial charge >= 0.3 is 0 Å². The highest BCUT2D eigenvalue weighted by Gasteiger charge is 2.18. The molecule has 1 atom stereocenters. The summed E-state index contributed by atoms with van der Waals surface area (Å²) < 4.78 is 5.24. The fraction of sp³-hybridized carbons (Fsp3) is 0.562. The van der Waals surface area contributed by atoms with Crippen molar-refractivity contribution in [1.82, 2.24) is 5.32 Å². The van der Waals surface area contributed by atoms with Gasteiger partial charge in [-0.05, 0) is 30.9 Å². The van der Waals surface area contributed by atoms with Crippen molar-refractivity contribution in [2.24, 2.45) is 5.41 Å². The quantitative estimate of drug-likeness (QED) is 0.824. The molecule has 0 aromatic heterocycles. The average molecular weight is 342 g/mol. The van der Waals surface area contributed by atoms with Crippen LogP contribution in [0.1, 0.15) is 43.1 Å². The summed E-state index contributed by atoms with van der Waals surface area (Å²) >= 11 is 3.62. The van der Waals surface area contributed by atoms with Crippen LogP contribution >= 0.6 is 15.9 Å². The molecule has 1 unspecified atom stereocenters. The summed E-state index contributed by atoms with van der Waals surface area (Å²) in [4.78, 5) is 12.5. The van der Waals surface area contributed by atoms with Crippen LogP contribution in [-0.2, 0) is 0 Å². The number of rotatable bonds is 5. The highest BCUT2D eigenvalue weighted by Crippen LogP contribution is 2.24. The third kappa shape index (κ3) is 5.53. The number of halogens is 1. The van der Waals surface area contributed by atoms with Crippen LogP contribution in [0.2, 0.25) is 0 Å². The van der Waals surface area contributed by atoms with Crippen molar-refractivity contribution >= 4 is 21.8 Å². The second-order valence-corrected chi connectivity index (χ2v) is 7.57. The van der Waals surface area contributed by atoms with E-state index in [4.69, 9.17) is 4.74 Å². The van der Waals surface area contributed by atoms with Crippen LogP contribution in [0.25, 0.3) is 0 Å². The predicted molar refractivity (Wildman–Crippen MR) is 86.9 cm³/mol. The Morgan fingerprint density at radius 3 is 2.60 bits per heavy atom. The summed E-state index contributed by atoms with van der Waals surface area (Å²) in [5.41, 5.74) is 1.86. The molecule has 20 heavy (non-hydrogen) atoms. The molecule has 0 spiro atoms. The first-order valence-corrected chi connectivity index (χ1v) is 7.71. The molecule has 0 heterocycles. The van der Waals surface area contributed by atoms with Crippen molar-refractivity contribution in [3.8, 4) is 5.75 Å². The fourth-order valence-corrected chi connectivity index (χ4v) is 3.17. The standard InChI is InChI=1S/C16H24BrNO2/c1-11-6-7-14(20-5)13(8-11)15(19)18-10-12(17)9-16(2,3)4/h6-8,12H,9-10H2,1-5H3,(H,18,19). The number of carbonyl (C=O) groups excluding carboxylic acids is 1. The molecule has 0 saturated carbocycles. The molecule has 0 aliphatic rings. The van der Waals surface area contributed by atoms with E-state index in [1.165, 1.54) is 0 Å². The van der Waals surface area contributed by atoms with Gasteiger partial charge < -0.3 is 10.1 Å². The van der Waals surface area contributed by atoms with Crippen LogP contribution in [0.4, 0.5) is 0 Å². The molecule has 0 radical (unpaired) electrons.